The van der Waals surface area contributed by atoms with Gasteiger partial charge in [-0.1, -0.05) is 6.07 Å². The molecule has 96 valence electrons. The van der Waals surface area contributed by atoms with Crippen molar-refractivity contribution in [3.05, 3.63) is 29.7 Å². The zero-order valence-corrected chi connectivity index (χ0v) is 11.6. The van der Waals surface area contributed by atoms with E-state index in [-0.39, 0.29) is 6.04 Å². The number of aromatic nitrogens is 4. The second kappa shape index (κ2) is 5.49. The maximum atomic E-state index is 5.75. The summed E-state index contributed by atoms with van der Waals surface area (Å²) in [6, 6.07) is 4.21. The number of nitrogens with zero attached hydrogens (tertiary/aromatic N) is 4. The van der Waals surface area contributed by atoms with E-state index in [1.807, 2.05) is 37.7 Å². The van der Waals surface area contributed by atoms with Crippen LogP contribution in [0.25, 0.3) is 0 Å². The van der Waals surface area contributed by atoms with Crippen molar-refractivity contribution in [3.63, 3.8) is 0 Å². The van der Waals surface area contributed by atoms with Gasteiger partial charge in [0.05, 0.1) is 0 Å². The summed E-state index contributed by atoms with van der Waals surface area (Å²) in [7, 11) is 1.95. The Morgan fingerprint density at radius 1 is 1.39 bits per heavy atom. The van der Waals surface area contributed by atoms with Crippen LogP contribution in [0, 0.1) is 6.92 Å². The largest absolute Gasteiger partial charge is 0.328 e. The Balaban J connectivity index is 2.08. The average Bonchev–Trinajstić information content (AvgIpc) is 2.63. The first kappa shape index (κ1) is 13.0. The molecule has 0 fully saturated rings. The number of hydrogen-bond acceptors (Lipinski definition) is 5. The monoisotopic (exact) mass is 263 g/mol. The minimum atomic E-state index is 0.159. The second-order valence-corrected chi connectivity index (χ2v) is 5.36. The fourth-order valence-electron chi connectivity index (χ4n) is 1.53. The molecule has 1 unspecified atom stereocenters. The maximum Gasteiger partial charge on any atom is 0.197 e. The third-order valence-corrected chi connectivity index (χ3v) is 3.59. The summed E-state index contributed by atoms with van der Waals surface area (Å²) in [5.74, 6) is 0.895. The van der Waals surface area contributed by atoms with E-state index in [4.69, 9.17) is 5.73 Å². The van der Waals surface area contributed by atoms with E-state index in [0.29, 0.717) is 0 Å². The van der Waals surface area contributed by atoms with Gasteiger partial charge in [0.2, 0.25) is 0 Å². The molecular weight excluding hydrogens is 246 g/mol. The molecule has 1 atom stereocenters. The summed E-state index contributed by atoms with van der Waals surface area (Å²) in [6.07, 6.45) is 2.72. The lowest BCUT2D eigenvalue weighted by Crippen LogP contribution is -2.17. The second-order valence-electron chi connectivity index (χ2n) is 4.38. The fourth-order valence-corrected chi connectivity index (χ4v) is 2.31. The summed E-state index contributed by atoms with van der Waals surface area (Å²) >= 11 is 1.51. The maximum absolute atomic E-state index is 5.75. The smallest absolute Gasteiger partial charge is 0.197 e. The molecule has 2 aromatic heterocycles. The van der Waals surface area contributed by atoms with E-state index in [9.17, 15) is 0 Å². The standard InChI is InChI=1S/C12H17N5S/c1-8(13)6-10-4-5-11(14-7-10)18-12-16-15-9(2)17(12)3/h4-5,7-8H,6,13H2,1-3H3. The van der Waals surface area contributed by atoms with E-state index >= 15 is 0 Å². The van der Waals surface area contributed by atoms with Crippen LogP contribution in [0.3, 0.4) is 0 Å². The normalized spacial score (nSPS) is 12.7. The van der Waals surface area contributed by atoms with Gasteiger partial charge in [-0.05, 0) is 43.7 Å². The molecule has 0 saturated heterocycles. The van der Waals surface area contributed by atoms with Gasteiger partial charge in [-0.2, -0.15) is 0 Å². The number of pyridine rings is 1. The summed E-state index contributed by atoms with van der Waals surface area (Å²) in [4.78, 5) is 4.40. The fraction of sp³-hybridized carbons (Fsp3) is 0.417. The highest BCUT2D eigenvalue weighted by atomic mass is 32.2. The van der Waals surface area contributed by atoms with Crippen molar-refractivity contribution in [3.8, 4) is 0 Å². The van der Waals surface area contributed by atoms with Gasteiger partial charge in [0.15, 0.2) is 5.16 Å². The van der Waals surface area contributed by atoms with E-state index in [0.717, 1.165) is 28.0 Å². The summed E-state index contributed by atoms with van der Waals surface area (Å²) in [6.45, 7) is 3.92. The minimum absolute atomic E-state index is 0.159. The predicted molar refractivity (Wildman–Crippen MR) is 71.5 cm³/mol. The number of rotatable bonds is 4. The Morgan fingerprint density at radius 3 is 2.67 bits per heavy atom. The van der Waals surface area contributed by atoms with Crippen LogP contribution in [0.15, 0.2) is 28.5 Å². The molecule has 0 aliphatic rings. The van der Waals surface area contributed by atoms with E-state index in [2.05, 4.69) is 21.2 Å². The molecule has 0 aliphatic heterocycles. The molecular formula is C12H17N5S. The van der Waals surface area contributed by atoms with Crippen LogP contribution in [0.5, 0.6) is 0 Å². The highest BCUT2D eigenvalue weighted by Gasteiger charge is 2.08. The molecule has 2 aromatic rings. The van der Waals surface area contributed by atoms with Crippen molar-refractivity contribution in [2.45, 2.75) is 36.5 Å². The quantitative estimate of drug-likeness (QED) is 0.906. The Kier molecular flexibility index (Phi) is 3.98. The first-order chi connectivity index (χ1) is 8.56. The number of aryl methyl sites for hydroxylation is 1. The van der Waals surface area contributed by atoms with Gasteiger partial charge in [0, 0.05) is 19.3 Å². The highest BCUT2D eigenvalue weighted by Crippen LogP contribution is 2.24. The van der Waals surface area contributed by atoms with Crippen molar-refractivity contribution in [1.82, 2.24) is 19.7 Å². The van der Waals surface area contributed by atoms with Crippen LogP contribution in [0.1, 0.15) is 18.3 Å². The molecule has 2 rings (SSSR count). The Bertz CT molecular complexity index is 518. The topological polar surface area (TPSA) is 69.6 Å². The van der Waals surface area contributed by atoms with Crippen LogP contribution in [0.4, 0.5) is 0 Å². The molecule has 18 heavy (non-hydrogen) atoms. The molecule has 0 saturated carbocycles. The van der Waals surface area contributed by atoms with Crippen molar-refractivity contribution in [2.24, 2.45) is 12.8 Å². The van der Waals surface area contributed by atoms with Crippen molar-refractivity contribution >= 4 is 11.8 Å². The van der Waals surface area contributed by atoms with E-state index < -0.39 is 0 Å². The molecule has 6 heteroatoms. The van der Waals surface area contributed by atoms with Gasteiger partial charge < -0.3 is 10.3 Å². The van der Waals surface area contributed by atoms with Gasteiger partial charge in [-0.25, -0.2) is 4.98 Å². The van der Waals surface area contributed by atoms with Gasteiger partial charge in [0.25, 0.3) is 0 Å². The zero-order valence-electron chi connectivity index (χ0n) is 10.8. The summed E-state index contributed by atoms with van der Waals surface area (Å²) < 4.78 is 1.95. The van der Waals surface area contributed by atoms with Gasteiger partial charge in [-0.3, -0.25) is 0 Å². The zero-order chi connectivity index (χ0) is 13.1. The first-order valence-electron chi connectivity index (χ1n) is 5.80. The molecule has 2 N–H and O–H groups in total. The molecule has 2 heterocycles. The lowest BCUT2D eigenvalue weighted by molar-refractivity contribution is 0.733. The number of hydrogen-bond donors (Lipinski definition) is 1. The summed E-state index contributed by atoms with van der Waals surface area (Å²) in [5.41, 5.74) is 6.91. The molecule has 0 bridgehead atoms. The van der Waals surface area contributed by atoms with Crippen LogP contribution in [-0.4, -0.2) is 25.8 Å². The first-order valence-corrected chi connectivity index (χ1v) is 6.62. The number of nitrogens with two attached hydrogens (primary N) is 1. The van der Waals surface area contributed by atoms with Gasteiger partial charge in [0.1, 0.15) is 10.9 Å². The van der Waals surface area contributed by atoms with Crippen LogP contribution >= 0.6 is 11.8 Å². The van der Waals surface area contributed by atoms with Gasteiger partial charge >= 0.3 is 0 Å². The Morgan fingerprint density at radius 2 is 2.17 bits per heavy atom. The third-order valence-electron chi connectivity index (χ3n) is 2.60. The molecule has 5 nitrogen and oxygen atoms in total. The third kappa shape index (κ3) is 3.08. The minimum Gasteiger partial charge on any atom is -0.328 e. The highest BCUT2D eigenvalue weighted by molar-refractivity contribution is 7.99. The molecule has 0 aliphatic carbocycles. The molecule has 0 spiro atoms. The Labute approximate surface area is 111 Å². The van der Waals surface area contributed by atoms with Crippen LogP contribution < -0.4 is 5.73 Å². The lowest BCUT2D eigenvalue weighted by atomic mass is 10.1. The molecule has 0 aromatic carbocycles. The van der Waals surface area contributed by atoms with Crippen molar-refractivity contribution in [1.29, 1.82) is 0 Å². The SMILES string of the molecule is Cc1nnc(Sc2ccc(CC(C)N)cn2)n1C. The van der Waals surface area contributed by atoms with E-state index in [1.165, 1.54) is 11.8 Å². The van der Waals surface area contributed by atoms with Crippen LogP contribution in [-0.2, 0) is 13.5 Å². The average molecular weight is 263 g/mol. The van der Waals surface area contributed by atoms with Gasteiger partial charge in [-0.15, -0.1) is 10.2 Å². The predicted octanol–water partition coefficient (Wildman–Crippen LogP) is 1.56. The summed E-state index contributed by atoms with van der Waals surface area (Å²) in [5, 5.41) is 9.88. The van der Waals surface area contributed by atoms with Crippen LogP contribution in [0.2, 0.25) is 0 Å². The Hall–Kier alpha value is -1.40. The van der Waals surface area contributed by atoms with E-state index in [1.54, 1.807) is 0 Å². The molecule has 0 radical (unpaired) electrons. The molecule has 0 amide bonds. The lowest BCUT2D eigenvalue weighted by Gasteiger charge is -2.05. The van der Waals surface area contributed by atoms with Crippen molar-refractivity contribution in [2.75, 3.05) is 0 Å². The van der Waals surface area contributed by atoms with Crippen molar-refractivity contribution < 1.29 is 0 Å².